The summed E-state index contributed by atoms with van der Waals surface area (Å²) in [4.78, 5) is 23.9. The predicted molar refractivity (Wildman–Crippen MR) is 164 cm³/mol. The lowest BCUT2D eigenvalue weighted by molar-refractivity contribution is -0.0979. The van der Waals surface area contributed by atoms with Gasteiger partial charge in [0.2, 0.25) is 0 Å². The number of aliphatic hydroxyl groups is 4. The number of ether oxygens (including phenoxy) is 1. The van der Waals surface area contributed by atoms with Gasteiger partial charge in [-0.3, -0.25) is 23.4 Å². The number of unbranched alkanes of at least 4 members (excludes halogenated alkanes) is 11. The number of aromatic nitrogens is 2. The van der Waals surface area contributed by atoms with Gasteiger partial charge < -0.3 is 35.8 Å². The summed E-state index contributed by atoms with van der Waals surface area (Å²) in [6.07, 6.45) is 9.28. The Morgan fingerprint density at radius 1 is 1.09 bits per heavy atom. The normalized spacial score (nSPS) is 25.8. The molecule has 0 saturated carbocycles. The SMILES string of the molecule is CCCCCCCCCCCCCC[C@@H](O)[C@@H](O)C(N)COP(=O)(O)OC[C@H]1O[C@@H](n2ccc(=O)[nH]c2=S)C(C)(O)[C@H]1O. The molecule has 1 fully saturated rings. The molecule has 15 heteroatoms. The fourth-order valence-corrected chi connectivity index (χ4v) is 6.15. The third-order valence-corrected chi connectivity index (χ3v) is 9.14. The minimum Gasteiger partial charge on any atom is -0.390 e. The van der Waals surface area contributed by atoms with Crippen LogP contribution in [0.4, 0.5) is 0 Å². The highest BCUT2D eigenvalue weighted by Gasteiger charge is 2.53. The van der Waals surface area contributed by atoms with Crippen molar-refractivity contribution < 1.29 is 43.7 Å². The molecule has 8 atom stereocenters. The molecule has 1 aliphatic rings. The highest BCUT2D eigenvalue weighted by Crippen LogP contribution is 2.45. The van der Waals surface area contributed by atoms with E-state index in [-0.39, 0.29) is 4.77 Å². The molecule has 43 heavy (non-hydrogen) atoms. The van der Waals surface area contributed by atoms with Gasteiger partial charge in [-0.15, -0.1) is 0 Å². The number of nitrogens with zero attached hydrogens (tertiary/aromatic N) is 1. The van der Waals surface area contributed by atoms with Crippen molar-refractivity contribution in [3.05, 3.63) is 27.4 Å². The maximum atomic E-state index is 12.4. The van der Waals surface area contributed by atoms with Crippen LogP contribution in [0, 0.1) is 4.77 Å². The molecule has 2 heterocycles. The molecule has 2 rings (SSSR count). The van der Waals surface area contributed by atoms with Crippen molar-refractivity contribution in [2.24, 2.45) is 5.73 Å². The summed E-state index contributed by atoms with van der Waals surface area (Å²) < 4.78 is 29.1. The zero-order valence-corrected chi connectivity index (χ0v) is 27.1. The Kier molecular flexibility index (Phi) is 16.7. The highest BCUT2D eigenvalue weighted by atomic mass is 32.1. The molecule has 0 aliphatic carbocycles. The van der Waals surface area contributed by atoms with Crippen molar-refractivity contribution in [2.75, 3.05) is 13.2 Å². The second-order valence-electron chi connectivity index (χ2n) is 11.7. The van der Waals surface area contributed by atoms with Crippen LogP contribution in [0.2, 0.25) is 0 Å². The molecule has 3 unspecified atom stereocenters. The molecule has 0 bridgehead atoms. The van der Waals surface area contributed by atoms with Crippen LogP contribution >= 0.6 is 20.0 Å². The number of hydrogen-bond donors (Lipinski definition) is 7. The summed E-state index contributed by atoms with van der Waals surface area (Å²) in [5.74, 6) is 0. The van der Waals surface area contributed by atoms with Crippen LogP contribution in [-0.2, 0) is 18.3 Å². The zero-order chi connectivity index (χ0) is 32.0. The van der Waals surface area contributed by atoms with E-state index in [1.54, 1.807) is 0 Å². The Labute approximate surface area is 259 Å². The molecular weight excluding hydrogens is 601 g/mol. The second kappa shape index (κ2) is 18.8. The zero-order valence-electron chi connectivity index (χ0n) is 25.4. The summed E-state index contributed by atoms with van der Waals surface area (Å²) in [6, 6.07) is 0.00563. The summed E-state index contributed by atoms with van der Waals surface area (Å²) in [5, 5.41) is 42.0. The molecule has 1 aliphatic heterocycles. The molecule has 1 aromatic rings. The van der Waals surface area contributed by atoms with E-state index < -0.39 is 68.9 Å². The lowest BCUT2D eigenvalue weighted by Crippen LogP contribution is -2.45. The van der Waals surface area contributed by atoms with Crippen molar-refractivity contribution in [3.63, 3.8) is 0 Å². The lowest BCUT2D eigenvalue weighted by Gasteiger charge is -2.28. The molecule has 0 amide bonds. The van der Waals surface area contributed by atoms with E-state index in [4.69, 9.17) is 31.7 Å². The third-order valence-electron chi connectivity index (χ3n) is 7.88. The standard InChI is InChI=1S/C28H52N3O10PS/c1-3-4-5-6-7-8-9-10-11-12-13-14-15-21(32)24(34)20(29)18-39-42(37,38)40-19-22-25(35)28(2,36)26(41-22)31-17-16-23(33)30-27(31)43/h16-17,20-22,24-26,32,34-36H,3-15,18-19,29H2,1-2H3,(H,37,38)(H,30,33,43)/t20?,21-,22-,24+,25+,26-,28?/m1/s1. The number of nitrogens with one attached hydrogen (secondary N) is 1. The predicted octanol–water partition coefficient (Wildman–Crippen LogP) is 3.19. The van der Waals surface area contributed by atoms with E-state index >= 15 is 0 Å². The van der Waals surface area contributed by atoms with Gasteiger partial charge in [-0.1, -0.05) is 84.0 Å². The van der Waals surface area contributed by atoms with Gasteiger partial charge in [0.05, 0.1) is 31.5 Å². The average molecular weight is 654 g/mol. The highest BCUT2D eigenvalue weighted by molar-refractivity contribution is 7.71. The van der Waals surface area contributed by atoms with Crippen molar-refractivity contribution in [3.8, 4) is 0 Å². The van der Waals surface area contributed by atoms with Crippen molar-refractivity contribution in [1.82, 2.24) is 9.55 Å². The molecule has 8 N–H and O–H groups in total. The summed E-state index contributed by atoms with van der Waals surface area (Å²) in [7, 11) is -4.71. The second-order valence-corrected chi connectivity index (χ2v) is 13.5. The monoisotopic (exact) mass is 653 g/mol. The van der Waals surface area contributed by atoms with E-state index in [1.807, 2.05) is 0 Å². The Balaban J connectivity index is 1.67. The number of H-pyrrole nitrogens is 1. The van der Waals surface area contributed by atoms with Gasteiger partial charge in [-0.25, -0.2) is 4.57 Å². The Bertz CT molecular complexity index is 1100. The molecule has 1 saturated heterocycles. The first kappa shape index (κ1) is 38.2. The van der Waals surface area contributed by atoms with E-state index in [0.29, 0.717) is 6.42 Å². The average Bonchev–Trinajstić information content (AvgIpc) is 3.18. The maximum absolute atomic E-state index is 12.4. The number of nitrogens with two attached hydrogens (primary N) is 1. The Hall–Kier alpha value is -1.03. The topological polar surface area (TPSA) is 210 Å². The number of aromatic amines is 1. The lowest BCUT2D eigenvalue weighted by atomic mass is 9.96. The van der Waals surface area contributed by atoms with Gasteiger partial charge in [-0.05, 0) is 25.6 Å². The molecule has 250 valence electrons. The minimum atomic E-state index is -4.71. The molecule has 0 aromatic carbocycles. The van der Waals surface area contributed by atoms with Crippen molar-refractivity contribution in [1.29, 1.82) is 0 Å². The maximum Gasteiger partial charge on any atom is 0.472 e. The first-order valence-corrected chi connectivity index (χ1v) is 17.3. The van der Waals surface area contributed by atoms with Crippen LogP contribution in [0.25, 0.3) is 0 Å². The van der Waals surface area contributed by atoms with Crippen LogP contribution in [0.15, 0.2) is 17.1 Å². The molecular formula is C28H52N3O10PS. The van der Waals surface area contributed by atoms with Gasteiger partial charge in [-0.2, -0.15) is 0 Å². The largest absolute Gasteiger partial charge is 0.472 e. The van der Waals surface area contributed by atoms with Crippen LogP contribution < -0.4 is 11.3 Å². The smallest absolute Gasteiger partial charge is 0.390 e. The van der Waals surface area contributed by atoms with Crippen molar-refractivity contribution in [2.45, 2.75) is 140 Å². The molecule has 1 aromatic heterocycles. The number of phosphoric ester groups is 1. The van der Waals surface area contributed by atoms with Gasteiger partial charge in [0.15, 0.2) is 11.0 Å². The number of aliphatic hydroxyl groups excluding tert-OH is 3. The number of rotatable bonds is 22. The summed E-state index contributed by atoms with van der Waals surface area (Å²) in [6.45, 7) is 2.29. The van der Waals surface area contributed by atoms with E-state index in [1.165, 1.54) is 69.1 Å². The van der Waals surface area contributed by atoms with Gasteiger partial charge in [0.25, 0.3) is 5.56 Å². The van der Waals surface area contributed by atoms with E-state index in [9.17, 15) is 34.7 Å². The fraction of sp³-hybridized carbons (Fsp3) is 0.857. The van der Waals surface area contributed by atoms with Crippen LogP contribution in [0.1, 0.15) is 104 Å². The van der Waals surface area contributed by atoms with Crippen LogP contribution in [-0.4, -0.2) is 84.1 Å². The number of phosphoric acid groups is 1. The molecule has 13 nitrogen and oxygen atoms in total. The van der Waals surface area contributed by atoms with Crippen LogP contribution in [0.3, 0.4) is 0 Å². The molecule has 0 radical (unpaired) electrons. The van der Waals surface area contributed by atoms with Crippen LogP contribution in [0.5, 0.6) is 0 Å². The quantitative estimate of drug-likeness (QED) is 0.0547. The Morgan fingerprint density at radius 3 is 2.21 bits per heavy atom. The minimum absolute atomic E-state index is 0.0590. The first-order chi connectivity index (χ1) is 20.3. The summed E-state index contributed by atoms with van der Waals surface area (Å²) in [5.41, 5.74) is 3.54. The van der Waals surface area contributed by atoms with Gasteiger partial charge in [0, 0.05) is 12.3 Å². The van der Waals surface area contributed by atoms with Gasteiger partial charge in [0.1, 0.15) is 17.8 Å². The van der Waals surface area contributed by atoms with E-state index in [2.05, 4.69) is 11.9 Å². The van der Waals surface area contributed by atoms with E-state index in [0.717, 1.165) is 31.7 Å². The Morgan fingerprint density at radius 2 is 1.65 bits per heavy atom. The van der Waals surface area contributed by atoms with Gasteiger partial charge >= 0.3 is 7.82 Å². The third kappa shape index (κ3) is 12.7. The summed E-state index contributed by atoms with van der Waals surface area (Å²) >= 11 is 5.09. The number of hydrogen-bond acceptors (Lipinski definition) is 11. The van der Waals surface area contributed by atoms with Crippen molar-refractivity contribution >= 4 is 20.0 Å². The first-order valence-electron chi connectivity index (χ1n) is 15.4. The molecule has 0 spiro atoms. The fourth-order valence-electron chi connectivity index (χ4n) is 5.12.